The number of para-hydroxylation sites is 3. The summed E-state index contributed by atoms with van der Waals surface area (Å²) >= 11 is 0. The van der Waals surface area contributed by atoms with Crippen LogP contribution in [0, 0.1) is 18.3 Å². The molecule has 3 nitrogen and oxygen atoms in total. The van der Waals surface area contributed by atoms with Crippen LogP contribution in [0.3, 0.4) is 0 Å². The maximum atomic E-state index is 9.21. The molecule has 0 amide bonds. The molecule has 1 aliphatic rings. The molecule has 1 aliphatic carbocycles. The van der Waals surface area contributed by atoms with Crippen molar-refractivity contribution in [1.82, 2.24) is 0 Å². The second-order valence-corrected chi connectivity index (χ2v) is 13.0. The van der Waals surface area contributed by atoms with Gasteiger partial charge in [-0.05, 0) is 140 Å². The van der Waals surface area contributed by atoms with Crippen LogP contribution in [0.25, 0.3) is 76.9 Å². The maximum absolute atomic E-state index is 9.21. The number of nitrogens with zero attached hydrogens (tertiary/aromatic N) is 2. The van der Waals surface area contributed by atoms with Crippen molar-refractivity contribution in [2.75, 3.05) is 4.90 Å². The average molecular weight is 625 g/mol. The predicted octanol–water partition coefficient (Wildman–Crippen LogP) is 12.9. The van der Waals surface area contributed by atoms with Gasteiger partial charge in [0.05, 0.1) is 17.3 Å². The van der Waals surface area contributed by atoms with Crippen molar-refractivity contribution in [3.63, 3.8) is 0 Å². The highest BCUT2D eigenvalue weighted by molar-refractivity contribution is 6.13. The molecule has 0 unspecified atom stereocenters. The Hall–Kier alpha value is -6.63. The van der Waals surface area contributed by atoms with E-state index in [1.54, 1.807) is 0 Å². The second kappa shape index (κ2) is 10.4. The zero-order valence-corrected chi connectivity index (χ0v) is 26.7. The van der Waals surface area contributed by atoms with E-state index in [0.29, 0.717) is 5.56 Å². The number of nitriles is 1. The molecule has 0 spiro atoms. The van der Waals surface area contributed by atoms with Crippen molar-refractivity contribution in [2.45, 2.75) is 6.92 Å². The van der Waals surface area contributed by atoms with Crippen LogP contribution in [0.15, 0.2) is 156 Å². The first-order valence-electron chi connectivity index (χ1n) is 16.6. The summed E-state index contributed by atoms with van der Waals surface area (Å²) in [6.45, 7) is 2.17. The molecule has 0 fully saturated rings. The van der Waals surface area contributed by atoms with Crippen molar-refractivity contribution in [3.05, 3.63) is 163 Å². The van der Waals surface area contributed by atoms with E-state index >= 15 is 0 Å². The van der Waals surface area contributed by atoms with E-state index in [9.17, 15) is 5.26 Å². The molecule has 0 bridgehead atoms. The van der Waals surface area contributed by atoms with Gasteiger partial charge in [-0.25, -0.2) is 0 Å². The molecule has 10 rings (SSSR count). The van der Waals surface area contributed by atoms with E-state index in [1.165, 1.54) is 49.4 Å². The third-order valence-electron chi connectivity index (χ3n) is 10.1. The quantitative estimate of drug-likeness (QED) is 0.196. The fourth-order valence-corrected chi connectivity index (χ4v) is 7.60. The normalized spacial score (nSPS) is 11.8. The van der Waals surface area contributed by atoms with Crippen molar-refractivity contribution in [2.24, 2.45) is 0 Å². The van der Waals surface area contributed by atoms with Gasteiger partial charge >= 0.3 is 0 Å². The van der Waals surface area contributed by atoms with E-state index in [-0.39, 0.29) is 0 Å². The van der Waals surface area contributed by atoms with Gasteiger partial charge in [-0.1, -0.05) is 78.9 Å². The topological polar surface area (TPSA) is 40.2 Å². The first-order valence-corrected chi connectivity index (χ1v) is 16.6. The number of hydrogen-bond acceptors (Lipinski definition) is 3. The fourth-order valence-electron chi connectivity index (χ4n) is 7.60. The lowest BCUT2D eigenvalue weighted by Crippen LogP contribution is -2.11. The summed E-state index contributed by atoms with van der Waals surface area (Å²) in [5.74, 6) is 0. The van der Waals surface area contributed by atoms with Crippen molar-refractivity contribution in [1.29, 1.82) is 5.26 Å². The summed E-state index contributed by atoms with van der Waals surface area (Å²) in [4.78, 5) is 2.34. The van der Waals surface area contributed by atoms with E-state index in [4.69, 9.17) is 4.42 Å². The standard InChI is InChI=1S/C46H28N2O/c1-28-7-2-4-10-43(28)48(44-11-6-9-38-37-8-3-5-12-45(37)49-46(38)44)36-20-19-33-24-40-39-23-32-18-17-31(30-15-13-29(27-47)14-16-30)21-34(32)25-41(39)42(40)26-35(33)22-36/h2-26H,1H3. The summed E-state index contributed by atoms with van der Waals surface area (Å²) in [6.07, 6.45) is 0. The molecule has 0 saturated carbocycles. The Kier molecular flexibility index (Phi) is 5.85. The van der Waals surface area contributed by atoms with Gasteiger partial charge in [0.1, 0.15) is 5.58 Å². The Morgan fingerprint density at radius 1 is 0.510 bits per heavy atom. The number of rotatable bonds is 4. The average Bonchev–Trinajstić information content (AvgIpc) is 3.54. The van der Waals surface area contributed by atoms with Gasteiger partial charge in [0.15, 0.2) is 5.58 Å². The smallest absolute Gasteiger partial charge is 0.159 e. The Bertz CT molecular complexity index is 2850. The monoisotopic (exact) mass is 624 g/mol. The summed E-state index contributed by atoms with van der Waals surface area (Å²) in [5, 5.41) is 16.3. The maximum Gasteiger partial charge on any atom is 0.159 e. The molecule has 0 atom stereocenters. The molecule has 0 N–H and O–H groups in total. The van der Waals surface area contributed by atoms with E-state index < -0.39 is 0 Å². The van der Waals surface area contributed by atoms with E-state index in [1.807, 2.05) is 36.4 Å². The van der Waals surface area contributed by atoms with Crippen LogP contribution in [0.4, 0.5) is 17.1 Å². The molecular weight excluding hydrogens is 597 g/mol. The van der Waals surface area contributed by atoms with Crippen LogP contribution in [-0.2, 0) is 0 Å². The molecule has 1 aromatic heterocycles. The fraction of sp³-hybridized carbons (Fsp3) is 0.0217. The lowest BCUT2D eigenvalue weighted by Gasteiger charge is -2.28. The highest BCUT2D eigenvalue weighted by Crippen LogP contribution is 2.51. The third-order valence-corrected chi connectivity index (χ3v) is 10.1. The van der Waals surface area contributed by atoms with Gasteiger partial charge in [-0.15, -0.1) is 0 Å². The lowest BCUT2D eigenvalue weighted by atomic mass is 9.77. The van der Waals surface area contributed by atoms with Crippen molar-refractivity contribution < 1.29 is 4.42 Å². The van der Waals surface area contributed by atoms with Gasteiger partial charge < -0.3 is 9.32 Å². The molecule has 228 valence electrons. The van der Waals surface area contributed by atoms with Crippen molar-refractivity contribution in [3.8, 4) is 39.4 Å². The number of aryl methyl sites for hydroxylation is 1. The van der Waals surface area contributed by atoms with Crippen LogP contribution < -0.4 is 4.90 Å². The van der Waals surface area contributed by atoms with E-state index in [0.717, 1.165) is 50.1 Å². The molecule has 9 aromatic rings. The SMILES string of the molecule is Cc1ccccc1N(c1ccc2cc3c(cc2c1)-c1cc2cc(-c4ccc(C#N)cc4)ccc2cc1-3)c1cccc2c1oc1ccccc12. The molecule has 3 heteroatoms. The predicted molar refractivity (Wildman–Crippen MR) is 203 cm³/mol. The summed E-state index contributed by atoms with van der Waals surface area (Å²) in [5.41, 5.74) is 14.3. The van der Waals surface area contributed by atoms with Gasteiger partial charge in [0.25, 0.3) is 0 Å². The minimum absolute atomic E-state index is 0.673. The van der Waals surface area contributed by atoms with Crippen LogP contribution in [0.5, 0.6) is 0 Å². The molecular formula is C46H28N2O. The third kappa shape index (κ3) is 4.21. The molecule has 0 radical (unpaired) electrons. The Balaban J connectivity index is 1.10. The van der Waals surface area contributed by atoms with Crippen molar-refractivity contribution >= 4 is 60.5 Å². The molecule has 49 heavy (non-hydrogen) atoms. The van der Waals surface area contributed by atoms with Gasteiger partial charge in [0, 0.05) is 22.1 Å². The summed E-state index contributed by atoms with van der Waals surface area (Å²) < 4.78 is 6.55. The van der Waals surface area contributed by atoms with Crippen LogP contribution >= 0.6 is 0 Å². The minimum atomic E-state index is 0.673. The van der Waals surface area contributed by atoms with Gasteiger partial charge in [-0.3, -0.25) is 0 Å². The van der Waals surface area contributed by atoms with Gasteiger partial charge in [0.2, 0.25) is 0 Å². The number of fused-ring (bicyclic) bond motifs is 9. The number of furan rings is 1. The zero-order chi connectivity index (χ0) is 32.6. The van der Waals surface area contributed by atoms with Crippen LogP contribution in [0.1, 0.15) is 11.1 Å². The Labute approximate surface area is 283 Å². The minimum Gasteiger partial charge on any atom is -0.454 e. The first kappa shape index (κ1) is 27.5. The summed E-state index contributed by atoms with van der Waals surface area (Å²) in [7, 11) is 0. The van der Waals surface area contributed by atoms with E-state index in [2.05, 4.69) is 133 Å². The second-order valence-electron chi connectivity index (χ2n) is 13.0. The summed E-state index contributed by atoms with van der Waals surface area (Å²) in [6, 6.07) is 56.0. The molecule has 0 aliphatic heterocycles. The number of anilines is 3. The van der Waals surface area contributed by atoms with Gasteiger partial charge in [-0.2, -0.15) is 5.26 Å². The molecule has 8 aromatic carbocycles. The first-order chi connectivity index (χ1) is 24.1. The molecule has 0 saturated heterocycles. The Morgan fingerprint density at radius 2 is 1.12 bits per heavy atom. The van der Waals surface area contributed by atoms with Crippen LogP contribution in [0.2, 0.25) is 0 Å². The highest BCUT2D eigenvalue weighted by Gasteiger charge is 2.25. The lowest BCUT2D eigenvalue weighted by molar-refractivity contribution is 0.669. The zero-order valence-electron chi connectivity index (χ0n) is 26.7. The highest BCUT2D eigenvalue weighted by atomic mass is 16.3. The number of benzene rings is 8. The largest absolute Gasteiger partial charge is 0.454 e. The molecule has 1 heterocycles. The van der Waals surface area contributed by atoms with Crippen LogP contribution in [-0.4, -0.2) is 0 Å². The number of hydrogen-bond donors (Lipinski definition) is 0. The Morgan fingerprint density at radius 3 is 1.88 bits per heavy atom.